The fourth-order valence-electron chi connectivity index (χ4n) is 1.37. The van der Waals surface area contributed by atoms with Gasteiger partial charge in [0, 0.05) is 18.7 Å². The van der Waals surface area contributed by atoms with Crippen molar-refractivity contribution in [3.8, 4) is 12.3 Å². The van der Waals surface area contributed by atoms with E-state index in [-0.39, 0.29) is 0 Å². The van der Waals surface area contributed by atoms with Crippen LogP contribution in [0.25, 0.3) is 0 Å². The lowest BCUT2D eigenvalue weighted by atomic mass is 10.3. The van der Waals surface area contributed by atoms with Crippen LogP contribution < -0.4 is 0 Å². The van der Waals surface area contributed by atoms with Gasteiger partial charge in [0.15, 0.2) is 0 Å². The van der Waals surface area contributed by atoms with E-state index in [0.717, 1.165) is 19.6 Å². The molecule has 56 valence electrons. The maximum Gasteiger partial charge on any atom is 0.0605 e. The largest absolute Gasteiger partial charge is 0.282 e. The van der Waals surface area contributed by atoms with Gasteiger partial charge in [0.25, 0.3) is 0 Å². The third-order valence-electron chi connectivity index (χ3n) is 1.90. The van der Waals surface area contributed by atoms with Crippen LogP contribution in [0, 0.1) is 12.3 Å². The van der Waals surface area contributed by atoms with Gasteiger partial charge in [0.05, 0.1) is 18.4 Å². The summed E-state index contributed by atoms with van der Waals surface area (Å²) in [4.78, 5) is 2.20. The maximum absolute atomic E-state index is 5.19. The minimum absolute atomic E-state index is 0.725. The first kappa shape index (κ1) is 6.44. The number of nitrogens with one attached hydrogen (secondary N) is 1. The zero-order valence-electron chi connectivity index (χ0n) is 6.17. The van der Waals surface area contributed by atoms with Gasteiger partial charge in [-0.05, 0) is 0 Å². The van der Waals surface area contributed by atoms with Crippen molar-refractivity contribution in [2.24, 2.45) is 0 Å². The zero-order chi connectivity index (χ0) is 7.68. The SMILES string of the molecule is C#CCN1Cc2cn[nH]c2C1. The normalized spacial score (nSPS) is 16.3. The van der Waals surface area contributed by atoms with E-state index in [1.165, 1.54) is 11.3 Å². The average molecular weight is 147 g/mol. The smallest absolute Gasteiger partial charge is 0.0605 e. The number of hydrogen-bond acceptors (Lipinski definition) is 2. The molecule has 0 aliphatic carbocycles. The zero-order valence-corrected chi connectivity index (χ0v) is 6.17. The summed E-state index contributed by atoms with van der Waals surface area (Å²) in [6.07, 6.45) is 7.06. The summed E-state index contributed by atoms with van der Waals surface area (Å²) in [5.41, 5.74) is 2.49. The molecule has 2 heterocycles. The molecular formula is C8H9N3. The molecule has 0 saturated heterocycles. The highest BCUT2D eigenvalue weighted by Crippen LogP contribution is 2.18. The Morgan fingerprint density at radius 1 is 1.73 bits per heavy atom. The molecule has 0 fully saturated rings. The fourth-order valence-corrected chi connectivity index (χ4v) is 1.37. The van der Waals surface area contributed by atoms with Crippen molar-refractivity contribution in [3.05, 3.63) is 17.5 Å². The van der Waals surface area contributed by atoms with Gasteiger partial charge in [-0.1, -0.05) is 5.92 Å². The van der Waals surface area contributed by atoms with Crippen LogP contribution in [0.5, 0.6) is 0 Å². The van der Waals surface area contributed by atoms with Crippen LogP contribution in [0.2, 0.25) is 0 Å². The summed E-state index contributed by atoms with van der Waals surface area (Å²) < 4.78 is 0. The van der Waals surface area contributed by atoms with Gasteiger partial charge in [-0.3, -0.25) is 10.00 Å². The molecule has 1 aromatic heterocycles. The van der Waals surface area contributed by atoms with Gasteiger partial charge in [-0.2, -0.15) is 5.10 Å². The van der Waals surface area contributed by atoms with E-state index in [0.29, 0.717) is 0 Å². The van der Waals surface area contributed by atoms with Crippen LogP contribution in [-0.4, -0.2) is 21.6 Å². The number of rotatable bonds is 1. The number of terminal acetylenes is 1. The Hall–Kier alpha value is -1.27. The summed E-state index contributed by atoms with van der Waals surface area (Å²) in [6, 6.07) is 0. The molecular weight excluding hydrogens is 138 g/mol. The molecule has 3 heteroatoms. The third kappa shape index (κ3) is 1.02. The van der Waals surface area contributed by atoms with Crippen LogP contribution in [0.4, 0.5) is 0 Å². The van der Waals surface area contributed by atoms with Gasteiger partial charge in [-0.25, -0.2) is 0 Å². The molecule has 1 aliphatic rings. The molecule has 2 rings (SSSR count). The average Bonchev–Trinajstić information content (AvgIpc) is 2.46. The molecule has 0 radical (unpaired) electrons. The topological polar surface area (TPSA) is 31.9 Å². The van der Waals surface area contributed by atoms with Gasteiger partial charge in [0.1, 0.15) is 0 Å². The van der Waals surface area contributed by atoms with Crippen LogP contribution in [0.1, 0.15) is 11.3 Å². The molecule has 1 N–H and O–H groups in total. The Morgan fingerprint density at radius 2 is 2.64 bits per heavy atom. The lowest BCUT2D eigenvalue weighted by Crippen LogP contribution is -2.16. The van der Waals surface area contributed by atoms with Gasteiger partial charge in [-0.15, -0.1) is 6.42 Å². The molecule has 0 amide bonds. The lowest BCUT2D eigenvalue weighted by Gasteiger charge is -2.08. The predicted molar refractivity (Wildman–Crippen MR) is 41.5 cm³/mol. The quantitative estimate of drug-likeness (QED) is 0.581. The van der Waals surface area contributed by atoms with Crippen molar-refractivity contribution in [2.75, 3.05) is 6.54 Å². The van der Waals surface area contributed by atoms with Crippen LogP contribution >= 0.6 is 0 Å². The second kappa shape index (κ2) is 2.40. The summed E-state index contributed by atoms with van der Waals surface area (Å²) >= 11 is 0. The molecule has 0 saturated carbocycles. The van der Waals surface area contributed by atoms with Gasteiger partial charge < -0.3 is 0 Å². The second-order valence-electron chi connectivity index (χ2n) is 2.72. The Balaban J connectivity index is 2.11. The summed E-state index contributed by atoms with van der Waals surface area (Å²) in [5, 5.41) is 6.88. The van der Waals surface area contributed by atoms with Crippen LogP contribution in [-0.2, 0) is 13.1 Å². The molecule has 0 aromatic carbocycles. The Labute approximate surface area is 65.4 Å². The van der Waals surface area contributed by atoms with Gasteiger partial charge in [0.2, 0.25) is 0 Å². The molecule has 0 unspecified atom stereocenters. The van der Waals surface area contributed by atoms with E-state index in [9.17, 15) is 0 Å². The van der Waals surface area contributed by atoms with Crippen molar-refractivity contribution >= 4 is 0 Å². The summed E-state index contributed by atoms with van der Waals surface area (Å²) in [5.74, 6) is 2.63. The fraction of sp³-hybridized carbons (Fsp3) is 0.375. The number of fused-ring (bicyclic) bond motifs is 1. The summed E-state index contributed by atoms with van der Waals surface area (Å²) in [7, 11) is 0. The molecule has 0 atom stereocenters. The second-order valence-corrected chi connectivity index (χ2v) is 2.72. The van der Waals surface area contributed by atoms with Gasteiger partial charge >= 0.3 is 0 Å². The number of H-pyrrole nitrogens is 1. The van der Waals surface area contributed by atoms with E-state index in [1.54, 1.807) is 0 Å². The third-order valence-corrected chi connectivity index (χ3v) is 1.90. The Bertz CT molecular complexity index is 274. The molecule has 0 spiro atoms. The van der Waals surface area contributed by atoms with E-state index < -0.39 is 0 Å². The van der Waals surface area contributed by atoms with Crippen LogP contribution in [0.15, 0.2) is 6.20 Å². The number of hydrogen-bond donors (Lipinski definition) is 1. The Kier molecular flexibility index (Phi) is 1.41. The van der Waals surface area contributed by atoms with Crippen molar-refractivity contribution in [1.29, 1.82) is 0 Å². The first-order chi connectivity index (χ1) is 5.40. The molecule has 3 nitrogen and oxygen atoms in total. The molecule has 11 heavy (non-hydrogen) atoms. The minimum Gasteiger partial charge on any atom is -0.282 e. The number of nitrogens with zero attached hydrogens (tertiary/aromatic N) is 2. The van der Waals surface area contributed by atoms with Crippen LogP contribution in [0.3, 0.4) is 0 Å². The standard InChI is InChI=1S/C8H9N3/c1-2-3-11-5-7-4-9-10-8(7)6-11/h1,4H,3,5-6H2,(H,9,10). The first-order valence-electron chi connectivity index (χ1n) is 3.57. The summed E-state index contributed by atoms with van der Waals surface area (Å²) in [6.45, 7) is 2.58. The number of aromatic nitrogens is 2. The highest BCUT2D eigenvalue weighted by atomic mass is 15.2. The van der Waals surface area contributed by atoms with E-state index in [1.807, 2.05) is 6.20 Å². The highest BCUT2D eigenvalue weighted by molar-refractivity contribution is 5.20. The van der Waals surface area contributed by atoms with E-state index >= 15 is 0 Å². The predicted octanol–water partition coefficient (Wildman–Crippen LogP) is 0.359. The van der Waals surface area contributed by atoms with Crippen molar-refractivity contribution in [1.82, 2.24) is 15.1 Å². The van der Waals surface area contributed by atoms with E-state index in [2.05, 4.69) is 21.0 Å². The number of aromatic amines is 1. The highest BCUT2D eigenvalue weighted by Gasteiger charge is 2.18. The molecule has 0 bridgehead atoms. The Morgan fingerprint density at radius 3 is 3.36 bits per heavy atom. The maximum atomic E-state index is 5.19. The van der Waals surface area contributed by atoms with Crippen molar-refractivity contribution < 1.29 is 0 Å². The lowest BCUT2D eigenvalue weighted by molar-refractivity contribution is 0.318. The van der Waals surface area contributed by atoms with E-state index in [4.69, 9.17) is 6.42 Å². The minimum atomic E-state index is 0.725. The van der Waals surface area contributed by atoms with Crippen molar-refractivity contribution in [2.45, 2.75) is 13.1 Å². The molecule has 1 aliphatic heterocycles. The monoisotopic (exact) mass is 147 g/mol. The first-order valence-corrected chi connectivity index (χ1v) is 3.57. The molecule has 1 aromatic rings. The van der Waals surface area contributed by atoms with Crippen molar-refractivity contribution in [3.63, 3.8) is 0 Å².